The summed E-state index contributed by atoms with van der Waals surface area (Å²) >= 11 is 0. The maximum absolute atomic E-state index is 10.8. The molecular formula is C12H16N2O. The van der Waals surface area contributed by atoms with Crippen LogP contribution in [0.4, 0.5) is 5.69 Å². The number of hydrogen-bond donors (Lipinski definition) is 1. The van der Waals surface area contributed by atoms with E-state index in [9.17, 15) is 4.79 Å². The van der Waals surface area contributed by atoms with Crippen molar-refractivity contribution in [2.24, 2.45) is 0 Å². The van der Waals surface area contributed by atoms with E-state index in [0.717, 1.165) is 11.4 Å². The first-order valence-corrected chi connectivity index (χ1v) is 4.84. The number of benzene rings is 1. The monoisotopic (exact) mass is 204 g/mol. The summed E-state index contributed by atoms with van der Waals surface area (Å²) in [5.41, 5.74) is 4.98. The Morgan fingerprint density at radius 2 is 1.87 bits per heavy atom. The number of carbonyl (C=O) groups excluding carboxylic acids is 1. The first kappa shape index (κ1) is 11.3. The van der Waals surface area contributed by atoms with E-state index in [2.05, 4.69) is 5.43 Å². The Bertz CT molecular complexity index is 357. The summed E-state index contributed by atoms with van der Waals surface area (Å²) in [5.74, 6) is 0.0430. The molecule has 1 rings (SSSR count). The molecule has 0 aromatic heterocycles. The molecule has 0 amide bonds. The van der Waals surface area contributed by atoms with Gasteiger partial charge < -0.3 is 5.43 Å². The molecule has 0 radical (unpaired) electrons. The molecule has 15 heavy (non-hydrogen) atoms. The van der Waals surface area contributed by atoms with Crippen LogP contribution in [0.1, 0.15) is 13.8 Å². The maximum atomic E-state index is 10.8. The van der Waals surface area contributed by atoms with Gasteiger partial charge in [0.25, 0.3) is 0 Å². The van der Waals surface area contributed by atoms with E-state index < -0.39 is 0 Å². The van der Waals surface area contributed by atoms with Crippen LogP contribution in [-0.2, 0) is 4.79 Å². The van der Waals surface area contributed by atoms with Gasteiger partial charge in [0.1, 0.15) is 0 Å². The predicted octanol–water partition coefficient (Wildman–Crippen LogP) is 2.12. The van der Waals surface area contributed by atoms with Crippen molar-refractivity contribution < 1.29 is 4.79 Å². The van der Waals surface area contributed by atoms with E-state index >= 15 is 0 Å². The molecule has 0 heterocycles. The van der Waals surface area contributed by atoms with Gasteiger partial charge in [-0.15, -0.1) is 0 Å². The third-order valence-electron chi connectivity index (χ3n) is 1.91. The number of ketones is 1. The maximum Gasteiger partial charge on any atom is 0.154 e. The largest absolute Gasteiger partial charge is 0.303 e. The van der Waals surface area contributed by atoms with Crippen LogP contribution in [0.2, 0.25) is 0 Å². The summed E-state index contributed by atoms with van der Waals surface area (Å²) < 4.78 is 0. The molecule has 0 aliphatic heterocycles. The lowest BCUT2D eigenvalue weighted by molar-refractivity contribution is -0.112. The van der Waals surface area contributed by atoms with E-state index in [1.165, 1.54) is 6.92 Å². The van der Waals surface area contributed by atoms with Crippen LogP contribution in [0.25, 0.3) is 0 Å². The van der Waals surface area contributed by atoms with Gasteiger partial charge in [-0.2, -0.15) is 0 Å². The zero-order valence-electron chi connectivity index (χ0n) is 9.32. The lowest BCUT2D eigenvalue weighted by Gasteiger charge is -2.21. The number of carbonyl (C=O) groups is 1. The Balaban J connectivity index is 2.64. The molecular weight excluding hydrogens is 188 g/mol. The molecule has 0 aliphatic carbocycles. The molecule has 3 nitrogen and oxygen atoms in total. The van der Waals surface area contributed by atoms with Crippen LogP contribution in [-0.4, -0.2) is 12.8 Å². The standard InChI is InChI=1S/C12H16N2O/c1-10(9-11(2)15)13-14(3)12-7-5-4-6-8-12/h4-9,13H,1-3H3. The van der Waals surface area contributed by atoms with Crippen molar-refractivity contribution >= 4 is 11.5 Å². The van der Waals surface area contributed by atoms with E-state index in [-0.39, 0.29) is 5.78 Å². The smallest absolute Gasteiger partial charge is 0.154 e. The highest BCUT2D eigenvalue weighted by Gasteiger charge is 1.98. The number of hydrogen-bond acceptors (Lipinski definition) is 3. The van der Waals surface area contributed by atoms with Gasteiger partial charge in [-0.05, 0) is 26.0 Å². The zero-order valence-corrected chi connectivity index (χ0v) is 9.32. The van der Waals surface area contributed by atoms with Crippen molar-refractivity contribution in [2.45, 2.75) is 13.8 Å². The SMILES string of the molecule is CC(=O)C=C(C)NN(C)c1ccccc1. The fourth-order valence-electron chi connectivity index (χ4n) is 1.32. The summed E-state index contributed by atoms with van der Waals surface area (Å²) in [5, 5.41) is 1.87. The number of nitrogens with one attached hydrogen (secondary N) is 1. The minimum Gasteiger partial charge on any atom is -0.303 e. The summed E-state index contributed by atoms with van der Waals surface area (Å²) in [7, 11) is 1.91. The number of allylic oxidation sites excluding steroid dienone is 2. The summed E-state index contributed by atoms with van der Waals surface area (Å²) in [6.45, 7) is 3.40. The number of rotatable bonds is 4. The zero-order chi connectivity index (χ0) is 11.3. The van der Waals surface area contributed by atoms with Crippen molar-refractivity contribution in [1.29, 1.82) is 0 Å². The Morgan fingerprint density at radius 1 is 1.27 bits per heavy atom. The van der Waals surface area contributed by atoms with Crippen LogP contribution in [0.15, 0.2) is 42.1 Å². The van der Waals surface area contributed by atoms with Crippen molar-refractivity contribution in [3.05, 3.63) is 42.1 Å². The molecule has 0 aliphatic rings. The Hall–Kier alpha value is -1.77. The van der Waals surface area contributed by atoms with Crippen LogP contribution in [0, 0.1) is 0 Å². The Labute approximate surface area is 90.4 Å². The molecule has 0 atom stereocenters. The molecule has 0 saturated carbocycles. The first-order chi connectivity index (χ1) is 7.09. The molecule has 1 N–H and O–H groups in total. The Kier molecular flexibility index (Phi) is 3.92. The molecule has 1 aromatic rings. The topological polar surface area (TPSA) is 32.3 Å². The van der Waals surface area contributed by atoms with Gasteiger partial charge in [0.2, 0.25) is 0 Å². The van der Waals surface area contributed by atoms with Gasteiger partial charge >= 0.3 is 0 Å². The van der Waals surface area contributed by atoms with Gasteiger partial charge in [0.05, 0.1) is 5.69 Å². The molecule has 0 spiro atoms. The number of para-hydroxylation sites is 1. The normalized spacial score (nSPS) is 11.0. The highest BCUT2D eigenvalue weighted by atomic mass is 16.1. The van der Waals surface area contributed by atoms with Crippen LogP contribution in [0.5, 0.6) is 0 Å². The first-order valence-electron chi connectivity index (χ1n) is 4.84. The highest BCUT2D eigenvalue weighted by Crippen LogP contribution is 2.09. The lowest BCUT2D eigenvalue weighted by atomic mass is 10.3. The van der Waals surface area contributed by atoms with Crippen LogP contribution in [0.3, 0.4) is 0 Å². The molecule has 3 heteroatoms. The molecule has 1 aromatic carbocycles. The number of anilines is 1. The van der Waals surface area contributed by atoms with Gasteiger partial charge in [0, 0.05) is 18.8 Å². The second-order valence-corrected chi connectivity index (χ2v) is 3.44. The van der Waals surface area contributed by atoms with E-state index in [4.69, 9.17) is 0 Å². The molecule has 0 unspecified atom stereocenters. The predicted molar refractivity (Wildman–Crippen MR) is 62.4 cm³/mol. The second kappa shape index (κ2) is 5.20. The van der Waals surface area contributed by atoms with E-state index in [1.54, 1.807) is 6.08 Å². The van der Waals surface area contributed by atoms with Gasteiger partial charge in [0.15, 0.2) is 5.78 Å². The Morgan fingerprint density at radius 3 is 2.40 bits per heavy atom. The van der Waals surface area contributed by atoms with Crippen molar-refractivity contribution in [2.75, 3.05) is 12.1 Å². The minimum absolute atomic E-state index is 0.0430. The molecule has 0 bridgehead atoms. The summed E-state index contributed by atoms with van der Waals surface area (Å²) in [6, 6.07) is 9.90. The third kappa shape index (κ3) is 3.85. The summed E-state index contributed by atoms with van der Waals surface area (Å²) in [4.78, 5) is 10.8. The highest BCUT2D eigenvalue weighted by molar-refractivity contribution is 5.87. The van der Waals surface area contributed by atoms with Gasteiger partial charge in [-0.1, -0.05) is 18.2 Å². The molecule has 0 saturated heterocycles. The van der Waals surface area contributed by atoms with E-state index in [0.29, 0.717) is 0 Å². The quantitative estimate of drug-likeness (QED) is 0.602. The second-order valence-electron chi connectivity index (χ2n) is 3.44. The van der Waals surface area contributed by atoms with Crippen molar-refractivity contribution in [1.82, 2.24) is 5.43 Å². The average molecular weight is 204 g/mol. The van der Waals surface area contributed by atoms with Crippen LogP contribution < -0.4 is 10.4 Å². The van der Waals surface area contributed by atoms with Crippen LogP contribution >= 0.6 is 0 Å². The summed E-state index contributed by atoms with van der Waals surface area (Å²) in [6.07, 6.45) is 1.57. The fraction of sp³-hybridized carbons (Fsp3) is 0.250. The average Bonchev–Trinajstić information content (AvgIpc) is 2.17. The third-order valence-corrected chi connectivity index (χ3v) is 1.91. The molecule has 80 valence electrons. The van der Waals surface area contributed by atoms with Gasteiger partial charge in [-0.3, -0.25) is 9.80 Å². The molecule has 0 fully saturated rings. The fourth-order valence-corrected chi connectivity index (χ4v) is 1.32. The minimum atomic E-state index is 0.0430. The number of nitrogens with zero attached hydrogens (tertiary/aromatic N) is 1. The van der Waals surface area contributed by atoms with E-state index in [1.807, 2.05) is 49.3 Å². The number of hydrazine groups is 1. The van der Waals surface area contributed by atoms with Crippen molar-refractivity contribution in [3.8, 4) is 0 Å². The lowest BCUT2D eigenvalue weighted by Crippen LogP contribution is -2.32. The van der Waals surface area contributed by atoms with Crippen molar-refractivity contribution in [3.63, 3.8) is 0 Å². The van der Waals surface area contributed by atoms with Gasteiger partial charge in [-0.25, -0.2) is 0 Å².